The van der Waals surface area contributed by atoms with E-state index in [1.807, 2.05) is 19.1 Å². The van der Waals surface area contributed by atoms with E-state index in [2.05, 4.69) is 13.2 Å². The highest BCUT2D eigenvalue weighted by molar-refractivity contribution is 5.45. The van der Waals surface area contributed by atoms with E-state index in [0.717, 1.165) is 17.5 Å². The minimum atomic E-state index is 0.357. The van der Waals surface area contributed by atoms with Gasteiger partial charge in [-0.05, 0) is 37.0 Å². The quantitative estimate of drug-likeness (QED) is 0.719. The molecule has 0 aliphatic rings. The zero-order chi connectivity index (χ0) is 10.6. The maximum Gasteiger partial charge on any atom is 0.119 e. The lowest BCUT2D eigenvalue weighted by Gasteiger charge is -2.10. The second-order valence-electron chi connectivity index (χ2n) is 3.33. The summed E-state index contributed by atoms with van der Waals surface area (Å²) in [6, 6.07) is 3.68. The van der Waals surface area contributed by atoms with Crippen LogP contribution in [-0.2, 0) is 12.8 Å². The van der Waals surface area contributed by atoms with Crippen LogP contribution in [0.15, 0.2) is 37.4 Å². The summed E-state index contributed by atoms with van der Waals surface area (Å²) >= 11 is 0. The van der Waals surface area contributed by atoms with Crippen molar-refractivity contribution in [3.8, 4) is 5.75 Å². The molecule has 1 heteroatoms. The monoisotopic (exact) mass is 188 g/mol. The number of hydrogen-bond acceptors (Lipinski definition) is 1. The first-order chi connectivity index (χ1) is 6.70. The molecule has 0 aromatic heterocycles. The Bertz CT molecular complexity index is 350. The maximum absolute atomic E-state index is 9.64. The summed E-state index contributed by atoms with van der Waals surface area (Å²) < 4.78 is 0. The van der Waals surface area contributed by atoms with Gasteiger partial charge in [-0.25, -0.2) is 0 Å². The molecule has 1 rings (SSSR count). The number of aromatic hydroxyl groups is 1. The number of rotatable bonds is 4. The highest BCUT2D eigenvalue weighted by Gasteiger charge is 2.06. The molecule has 1 aromatic carbocycles. The molecule has 0 spiro atoms. The highest BCUT2D eigenvalue weighted by atomic mass is 16.3. The van der Waals surface area contributed by atoms with Crippen LogP contribution in [0.2, 0.25) is 0 Å². The van der Waals surface area contributed by atoms with E-state index in [1.165, 1.54) is 5.56 Å². The molecule has 1 aromatic rings. The van der Waals surface area contributed by atoms with Gasteiger partial charge in [0.15, 0.2) is 0 Å². The van der Waals surface area contributed by atoms with Crippen LogP contribution in [0, 0.1) is 6.92 Å². The van der Waals surface area contributed by atoms with Crippen molar-refractivity contribution in [3.63, 3.8) is 0 Å². The van der Waals surface area contributed by atoms with Crippen molar-refractivity contribution in [2.45, 2.75) is 19.8 Å². The summed E-state index contributed by atoms with van der Waals surface area (Å²) in [7, 11) is 0. The summed E-state index contributed by atoms with van der Waals surface area (Å²) in [5, 5.41) is 9.64. The number of hydrogen-bond donors (Lipinski definition) is 1. The first kappa shape index (κ1) is 10.6. The molecule has 0 amide bonds. The lowest BCUT2D eigenvalue weighted by Crippen LogP contribution is -1.94. The Morgan fingerprint density at radius 2 is 1.86 bits per heavy atom. The molecular formula is C13H16O. The van der Waals surface area contributed by atoms with Gasteiger partial charge < -0.3 is 5.11 Å². The standard InChI is InChI=1S/C13H16O/c1-4-6-11-8-9-13(14)12(7-5-2)10(11)3/h4-5,8-9,14H,1-2,6-7H2,3H3. The van der Waals surface area contributed by atoms with Gasteiger partial charge in [-0.1, -0.05) is 18.2 Å². The molecule has 0 aliphatic carbocycles. The fourth-order valence-corrected chi connectivity index (χ4v) is 1.57. The molecule has 0 saturated heterocycles. The average molecular weight is 188 g/mol. The summed E-state index contributed by atoms with van der Waals surface area (Å²) in [6.07, 6.45) is 5.23. The molecule has 1 nitrogen and oxygen atoms in total. The molecule has 0 bridgehead atoms. The molecule has 0 fully saturated rings. The highest BCUT2D eigenvalue weighted by Crippen LogP contribution is 2.25. The summed E-state index contributed by atoms with van der Waals surface area (Å²) in [6.45, 7) is 9.42. The van der Waals surface area contributed by atoms with Gasteiger partial charge in [-0.3, -0.25) is 0 Å². The minimum Gasteiger partial charge on any atom is -0.508 e. The third kappa shape index (κ3) is 2.05. The lowest BCUT2D eigenvalue weighted by atomic mass is 9.97. The predicted octanol–water partition coefficient (Wildman–Crippen LogP) is 3.16. The van der Waals surface area contributed by atoms with E-state index in [4.69, 9.17) is 0 Å². The van der Waals surface area contributed by atoms with Crippen LogP contribution in [0.1, 0.15) is 16.7 Å². The van der Waals surface area contributed by atoms with E-state index in [1.54, 1.807) is 12.1 Å². The number of benzene rings is 1. The van der Waals surface area contributed by atoms with Crippen molar-refractivity contribution >= 4 is 0 Å². The van der Waals surface area contributed by atoms with Crippen LogP contribution in [0.3, 0.4) is 0 Å². The lowest BCUT2D eigenvalue weighted by molar-refractivity contribution is 0.469. The fourth-order valence-electron chi connectivity index (χ4n) is 1.57. The SMILES string of the molecule is C=CCc1ccc(O)c(CC=C)c1C. The largest absolute Gasteiger partial charge is 0.508 e. The summed E-state index contributed by atoms with van der Waals surface area (Å²) in [4.78, 5) is 0. The smallest absolute Gasteiger partial charge is 0.119 e. The van der Waals surface area contributed by atoms with Gasteiger partial charge >= 0.3 is 0 Å². The third-order valence-corrected chi connectivity index (χ3v) is 2.40. The van der Waals surface area contributed by atoms with Crippen LogP contribution in [0.5, 0.6) is 5.75 Å². The van der Waals surface area contributed by atoms with Gasteiger partial charge in [0, 0.05) is 5.56 Å². The van der Waals surface area contributed by atoms with Gasteiger partial charge in [0.1, 0.15) is 5.75 Å². The van der Waals surface area contributed by atoms with Gasteiger partial charge in [0.25, 0.3) is 0 Å². The van der Waals surface area contributed by atoms with E-state index < -0.39 is 0 Å². The normalized spacial score (nSPS) is 9.79. The molecule has 0 saturated carbocycles. The molecule has 0 atom stereocenters. The predicted molar refractivity (Wildman–Crippen MR) is 60.6 cm³/mol. The molecule has 0 heterocycles. The van der Waals surface area contributed by atoms with Crippen molar-refractivity contribution in [1.29, 1.82) is 0 Å². The maximum atomic E-state index is 9.64. The third-order valence-electron chi connectivity index (χ3n) is 2.40. The Kier molecular flexibility index (Phi) is 3.52. The molecule has 1 N–H and O–H groups in total. The van der Waals surface area contributed by atoms with E-state index in [0.29, 0.717) is 12.2 Å². The van der Waals surface area contributed by atoms with Crippen LogP contribution in [-0.4, -0.2) is 5.11 Å². The van der Waals surface area contributed by atoms with Crippen LogP contribution in [0.4, 0.5) is 0 Å². The Morgan fingerprint density at radius 3 is 2.43 bits per heavy atom. The van der Waals surface area contributed by atoms with E-state index >= 15 is 0 Å². The summed E-state index contributed by atoms with van der Waals surface area (Å²) in [5.74, 6) is 0.357. The second kappa shape index (κ2) is 4.66. The van der Waals surface area contributed by atoms with Crippen molar-refractivity contribution in [3.05, 3.63) is 54.1 Å². The van der Waals surface area contributed by atoms with Crippen LogP contribution >= 0.6 is 0 Å². The fraction of sp³-hybridized carbons (Fsp3) is 0.231. The van der Waals surface area contributed by atoms with E-state index in [9.17, 15) is 5.11 Å². The number of phenols is 1. The zero-order valence-corrected chi connectivity index (χ0v) is 8.59. The average Bonchev–Trinajstić information content (AvgIpc) is 2.17. The Hall–Kier alpha value is -1.50. The van der Waals surface area contributed by atoms with Gasteiger partial charge in [-0.15, -0.1) is 13.2 Å². The number of allylic oxidation sites excluding steroid dienone is 2. The first-order valence-corrected chi connectivity index (χ1v) is 4.72. The molecular weight excluding hydrogens is 172 g/mol. The van der Waals surface area contributed by atoms with Crippen molar-refractivity contribution < 1.29 is 5.11 Å². The number of phenolic OH excluding ortho intramolecular Hbond substituents is 1. The second-order valence-corrected chi connectivity index (χ2v) is 3.33. The van der Waals surface area contributed by atoms with Crippen LogP contribution in [0.25, 0.3) is 0 Å². The molecule has 14 heavy (non-hydrogen) atoms. The minimum absolute atomic E-state index is 0.357. The van der Waals surface area contributed by atoms with Crippen molar-refractivity contribution in [1.82, 2.24) is 0 Å². The first-order valence-electron chi connectivity index (χ1n) is 4.72. The Balaban J connectivity index is 3.17. The molecule has 0 aliphatic heterocycles. The van der Waals surface area contributed by atoms with Crippen LogP contribution < -0.4 is 0 Å². The Labute approximate surface area is 85.4 Å². The molecule has 0 radical (unpaired) electrons. The van der Waals surface area contributed by atoms with Crippen molar-refractivity contribution in [2.24, 2.45) is 0 Å². The topological polar surface area (TPSA) is 20.2 Å². The molecule has 0 unspecified atom stereocenters. The Morgan fingerprint density at radius 1 is 1.21 bits per heavy atom. The van der Waals surface area contributed by atoms with Gasteiger partial charge in [0.2, 0.25) is 0 Å². The van der Waals surface area contributed by atoms with E-state index in [-0.39, 0.29) is 0 Å². The summed E-state index contributed by atoms with van der Waals surface area (Å²) in [5.41, 5.74) is 3.33. The van der Waals surface area contributed by atoms with Gasteiger partial charge in [-0.2, -0.15) is 0 Å². The zero-order valence-electron chi connectivity index (χ0n) is 8.59. The molecule has 74 valence electrons. The van der Waals surface area contributed by atoms with Gasteiger partial charge in [0.05, 0.1) is 0 Å². The van der Waals surface area contributed by atoms with Crippen molar-refractivity contribution in [2.75, 3.05) is 0 Å².